The molecule has 0 N–H and O–H groups in total. The molecule has 0 bridgehead atoms. The molecule has 0 heterocycles. The van der Waals surface area contributed by atoms with Crippen molar-refractivity contribution in [1.29, 1.82) is 0 Å². The van der Waals surface area contributed by atoms with Gasteiger partial charge in [-0.3, -0.25) is 0 Å². The van der Waals surface area contributed by atoms with Gasteiger partial charge in [-0.1, -0.05) is 0 Å². The molecule has 1 aromatic carbocycles. The van der Waals surface area contributed by atoms with Crippen molar-refractivity contribution in [3.8, 4) is 0 Å². The van der Waals surface area contributed by atoms with E-state index in [9.17, 15) is 22.0 Å². The number of hydrogen-bond acceptors (Lipinski definition) is 0. The van der Waals surface area contributed by atoms with E-state index >= 15 is 0 Å². The Labute approximate surface area is 78.5 Å². The van der Waals surface area contributed by atoms with Gasteiger partial charge in [-0.05, 0) is 15.9 Å². The minimum Gasteiger partial charge on any atom is -0.246 e. The zero-order valence-electron chi connectivity index (χ0n) is 5.97. The first-order valence-corrected chi connectivity index (χ1v) is 3.86. The van der Waals surface area contributed by atoms with Crippen LogP contribution in [-0.4, -0.2) is 0 Å². The van der Waals surface area contributed by atoms with Crippen molar-refractivity contribution >= 4 is 15.9 Å². The third-order valence-electron chi connectivity index (χ3n) is 1.43. The second kappa shape index (κ2) is 3.61. The molecule has 0 aliphatic rings. The molecule has 0 amide bonds. The van der Waals surface area contributed by atoms with Crippen molar-refractivity contribution in [3.63, 3.8) is 0 Å². The van der Waals surface area contributed by atoms with Gasteiger partial charge in [0.25, 0.3) is 0 Å². The molecule has 0 atom stereocenters. The Bertz CT molecular complexity index is 320. The molecule has 0 radical (unpaired) electrons. The fraction of sp³-hybridized carbons (Fsp3) is 0.143. The summed E-state index contributed by atoms with van der Waals surface area (Å²) in [6, 6.07) is 0. The molecule has 0 spiro atoms. The summed E-state index contributed by atoms with van der Waals surface area (Å²) >= 11 is 2.33. The summed E-state index contributed by atoms with van der Waals surface area (Å²) in [5, 5.41) is 0. The molecule has 0 saturated carbocycles. The summed E-state index contributed by atoms with van der Waals surface area (Å²) in [5.41, 5.74) is -1.12. The van der Waals surface area contributed by atoms with Crippen LogP contribution in [0.1, 0.15) is 5.56 Å². The van der Waals surface area contributed by atoms with Gasteiger partial charge in [0, 0.05) is 0 Å². The Morgan fingerprint density at radius 1 is 0.846 bits per heavy atom. The number of hydrogen-bond donors (Lipinski definition) is 0. The smallest absolute Gasteiger partial charge is 0.196 e. The third kappa shape index (κ3) is 1.54. The van der Waals surface area contributed by atoms with E-state index in [1.54, 1.807) is 0 Å². The van der Waals surface area contributed by atoms with Gasteiger partial charge in [0.1, 0.15) is 12.5 Å². The summed E-state index contributed by atoms with van der Waals surface area (Å²) in [4.78, 5) is 0. The number of alkyl halides is 1. The average Bonchev–Trinajstić information content (AvgIpc) is 2.13. The maximum Gasteiger partial charge on any atom is 0.196 e. The normalized spacial score (nSPS) is 10.6. The van der Waals surface area contributed by atoms with E-state index in [4.69, 9.17) is 0 Å². The highest BCUT2D eigenvalue weighted by Gasteiger charge is 2.23. The van der Waals surface area contributed by atoms with Gasteiger partial charge in [-0.25, -0.2) is 22.0 Å². The first-order valence-electron chi connectivity index (χ1n) is 3.07. The lowest BCUT2D eigenvalue weighted by molar-refractivity contribution is 0.390. The summed E-state index contributed by atoms with van der Waals surface area (Å²) in [5.74, 6) is -6.88. The van der Waals surface area contributed by atoms with Crippen molar-refractivity contribution in [2.45, 2.75) is 6.67 Å². The predicted molar refractivity (Wildman–Crippen MR) is 38.8 cm³/mol. The minimum atomic E-state index is -1.89. The summed E-state index contributed by atoms with van der Waals surface area (Å²) in [6.45, 7) is -1.53. The molecular weight excluding hydrogens is 259 g/mol. The zero-order chi connectivity index (χ0) is 10.2. The number of benzene rings is 1. The monoisotopic (exact) mass is 260 g/mol. The third-order valence-corrected chi connectivity index (χ3v) is 2.13. The molecule has 1 rings (SSSR count). The van der Waals surface area contributed by atoms with Crippen LogP contribution < -0.4 is 0 Å². The molecule has 0 fully saturated rings. The van der Waals surface area contributed by atoms with Gasteiger partial charge >= 0.3 is 0 Å². The molecule has 72 valence electrons. The van der Waals surface area contributed by atoms with Gasteiger partial charge in [-0.15, -0.1) is 0 Å². The van der Waals surface area contributed by atoms with Crippen LogP contribution in [0.4, 0.5) is 22.0 Å². The lowest BCUT2D eigenvalue weighted by Gasteiger charge is -2.04. The van der Waals surface area contributed by atoms with Crippen molar-refractivity contribution in [3.05, 3.63) is 33.3 Å². The molecule has 0 aromatic heterocycles. The summed E-state index contributed by atoms with van der Waals surface area (Å²) in [7, 11) is 0. The molecule has 0 unspecified atom stereocenters. The van der Waals surface area contributed by atoms with Crippen LogP contribution in [0.5, 0.6) is 0 Å². The predicted octanol–water partition coefficient (Wildman–Crippen LogP) is 3.48. The Kier molecular flexibility index (Phi) is 2.90. The molecule has 13 heavy (non-hydrogen) atoms. The molecule has 0 aliphatic carbocycles. The van der Waals surface area contributed by atoms with E-state index in [-0.39, 0.29) is 0 Å². The van der Waals surface area contributed by atoms with Crippen molar-refractivity contribution < 1.29 is 22.0 Å². The zero-order valence-corrected chi connectivity index (χ0v) is 7.56. The van der Waals surface area contributed by atoms with Crippen molar-refractivity contribution in [1.82, 2.24) is 0 Å². The molecule has 1 aromatic rings. The van der Waals surface area contributed by atoms with Crippen molar-refractivity contribution in [2.75, 3.05) is 0 Å². The van der Waals surface area contributed by atoms with Gasteiger partial charge in [0.15, 0.2) is 17.5 Å². The molecular formula is C7H2BrF5. The van der Waals surface area contributed by atoms with E-state index in [0.29, 0.717) is 0 Å². The Balaban J connectivity index is 3.56. The van der Waals surface area contributed by atoms with Crippen LogP contribution in [0.25, 0.3) is 0 Å². The molecule has 0 nitrogen and oxygen atoms in total. The van der Waals surface area contributed by atoms with Crippen LogP contribution in [-0.2, 0) is 6.67 Å². The van der Waals surface area contributed by atoms with Crippen LogP contribution in [0, 0.1) is 23.3 Å². The second-order valence-corrected chi connectivity index (χ2v) is 2.98. The van der Waals surface area contributed by atoms with Gasteiger partial charge in [-0.2, -0.15) is 0 Å². The molecule has 0 aliphatic heterocycles. The Morgan fingerprint density at radius 3 is 1.85 bits per heavy atom. The first-order chi connectivity index (χ1) is 6.00. The first kappa shape index (κ1) is 10.4. The number of halogens is 6. The highest BCUT2D eigenvalue weighted by molar-refractivity contribution is 9.10. The Morgan fingerprint density at radius 2 is 1.38 bits per heavy atom. The quantitative estimate of drug-likeness (QED) is 0.412. The lowest BCUT2D eigenvalue weighted by Crippen LogP contribution is -2.02. The van der Waals surface area contributed by atoms with Crippen LogP contribution in [0.15, 0.2) is 4.47 Å². The second-order valence-electron chi connectivity index (χ2n) is 2.18. The van der Waals surface area contributed by atoms with Gasteiger partial charge < -0.3 is 0 Å². The topological polar surface area (TPSA) is 0 Å². The van der Waals surface area contributed by atoms with Gasteiger partial charge in [0.05, 0.1) is 10.0 Å². The Hall–Kier alpha value is -0.650. The van der Waals surface area contributed by atoms with E-state index in [1.807, 2.05) is 0 Å². The maximum atomic E-state index is 12.8. The lowest BCUT2D eigenvalue weighted by atomic mass is 10.2. The van der Waals surface area contributed by atoms with E-state index in [0.717, 1.165) is 0 Å². The van der Waals surface area contributed by atoms with E-state index in [1.165, 1.54) is 0 Å². The van der Waals surface area contributed by atoms with Crippen molar-refractivity contribution in [2.24, 2.45) is 0 Å². The van der Waals surface area contributed by atoms with Gasteiger partial charge in [0.2, 0.25) is 0 Å². The summed E-state index contributed by atoms with van der Waals surface area (Å²) < 4.78 is 61.5. The summed E-state index contributed by atoms with van der Waals surface area (Å²) in [6.07, 6.45) is 0. The van der Waals surface area contributed by atoms with Crippen LogP contribution >= 0.6 is 15.9 Å². The van der Waals surface area contributed by atoms with Crippen LogP contribution in [0.3, 0.4) is 0 Å². The highest BCUT2D eigenvalue weighted by atomic mass is 79.9. The van der Waals surface area contributed by atoms with Crippen LogP contribution in [0.2, 0.25) is 0 Å². The standard InChI is InChI=1S/C7H2BrF5/c8-3-4(10)2(1-9)5(11)7(13)6(3)12/h1H2. The average molecular weight is 261 g/mol. The fourth-order valence-electron chi connectivity index (χ4n) is 0.768. The van der Waals surface area contributed by atoms with E-state index < -0.39 is 40.0 Å². The minimum absolute atomic E-state index is 0.904. The van der Waals surface area contributed by atoms with E-state index in [2.05, 4.69) is 15.9 Å². The number of rotatable bonds is 1. The molecule has 6 heteroatoms. The SMILES string of the molecule is FCc1c(F)c(F)c(F)c(Br)c1F. The highest BCUT2D eigenvalue weighted by Crippen LogP contribution is 2.28. The maximum absolute atomic E-state index is 12.8. The molecule has 0 saturated heterocycles. The fourth-order valence-corrected chi connectivity index (χ4v) is 1.18. The largest absolute Gasteiger partial charge is 0.246 e.